The third-order valence-electron chi connectivity index (χ3n) is 5.07. The second kappa shape index (κ2) is 12.7. The second-order valence-electron chi connectivity index (χ2n) is 7.27. The molecule has 4 nitrogen and oxygen atoms in total. The first kappa shape index (κ1) is 21.5. The minimum Gasteiger partial charge on any atom is -0.481 e. The lowest BCUT2D eigenvalue weighted by Crippen LogP contribution is -2.12. The highest BCUT2D eigenvalue weighted by Crippen LogP contribution is 2.34. The van der Waals surface area contributed by atoms with Crippen molar-refractivity contribution >= 4 is 11.7 Å². The summed E-state index contributed by atoms with van der Waals surface area (Å²) >= 11 is 0. The Balaban J connectivity index is 2.46. The quantitative estimate of drug-likeness (QED) is 0.202. The van der Waals surface area contributed by atoms with E-state index in [1.165, 1.54) is 25.7 Å². The lowest BCUT2D eigenvalue weighted by Gasteiger charge is -2.15. The SMILES string of the molecule is CCCCC[C@@H](C)/C=C/[C@H]1/C(=N\O)CC[C@@H]1C/C=C\CCCC(=O)O. The number of carboxylic acid groups (broad SMARTS) is 1. The zero-order valence-electron chi connectivity index (χ0n) is 15.9. The Morgan fingerprint density at radius 3 is 2.80 bits per heavy atom. The molecule has 0 saturated heterocycles. The molecule has 0 heterocycles. The van der Waals surface area contributed by atoms with E-state index in [1.54, 1.807) is 0 Å². The van der Waals surface area contributed by atoms with E-state index in [0.29, 0.717) is 18.3 Å². The summed E-state index contributed by atoms with van der Waals surface area (Å²) in [6, 6.07) is 0. The minimum absolute atomic E-state index is 0.233. The van der Waals surface area contributed by atoms with E-state index >= 15 is 0 Å². The maximum absolute atomic E-state index is 10.5. The molecule has 0 aromatic rings. The number of hydrogen-bond acceptors (Lipinski definition) is 3. The number of hydrogen-bond donors (Lipinski definition) is 2. The summed E-state index contributed by atoms with van der Waals surface area (Å²) in [7, 11) is 0. The molecule has 0 radical (unpaired) electrons. The topological polar surface area (TPSA) is 69.9 Å². The van der Waals surface area contributed by atoms with Gasteiger partial charge in [-0.15, -0.1) is 0 Å². The van der Waals surface area contributed by atoms with Crippen molar-refractivity contribution in [3.05, 3.63) is 24.3 Å². The highest BCUT2D eigenvalue weighted by atomic mass is 16.4. The van der Waals surface area contributed by atoms with E-state index in [4.69, 9.17) is 5.11 Å². The molecule has 2 N–H and O–H groups in total. The molecule has 25 heavy (non-hydrogen) atoms. The first-order valence-electron chi connectivity index (χ1n) is 9.84. The lowest BCUT2D eigenvalue weighted by atomic mass is 9.90. The van der Waals surface area contributed by atoms with Crippen LogP contribution in [0.3, 0.4) is 0 Å². The van der Waals surface area contributed by atoms with Gasteiger partial charge in [-0.1, -0.05) is 62.6 Å². The molecule has 0 amide bonds. The van der Waals surface area contributed by atoms with Crippen molar-refractivity contribution in [3.8, 4) is 0 Å². The van der Waals surface area contributed by atoms with Crippen LogP contribution in [-0.4, -0.2) is 22.0 Å². The molecule has 1 aliphatic carbocycles. The number of rotatable bonds is 12. The van der Waals surface area contributed by atoms with Gasteiger partial charge in [-0.05, 0) is 50.4 Å². The summed E-state index contributed by atoms with van der Waals surface area (Å²) in [5.74, 6) is 0.563. The molecular formula is C21H35NO3. The fourth-order valence-electron chi connectivity index (χ4n) is 3.48. The zero-order chi connectivity index (χ0) is 18.5. The van der Waals surface area contributed by atoms with Crippen molar-refractivity contribution in [2.24, 2.45) is 22.9 Å². The van der Waals surface area contributed by atoms with Gasteiger partial charge in [0.25, 0.3) is 0 Å². The van der Waals surface area contributed by atoms with Crippen molar-refractivity contribution in [3.63, 3.8) is 0 Å². The Morgan fingerprint density at radius 1 is 1.32 bits per heavy atom. The van der Waals surface area contributed by atoms with Gasteiger partial charge in [0.2, 0.25) is 0 Å². The third-order valence-corrected chi connectivity index (χ3v) is 5.07. The number of nitrogens with zero attached hydrogens (tertiary/aromatic N) is 1. The van der Waals surface area contributed by atoms with Gasteiger partial charge in [0, 0.05) is 12.3 Å². The molecule has 142 valence electrons. The summed E-state index contributed by atoms with van der Waals surface area (Å²) in [5, 5.41) is 21.4. The van der Waals surface area contributed by atoms with Crippen LogP contribution >= 0.6 is 0 Å². The Morgan fingerprint density at radius 2 is 2.12 bits per heavy atom. The van der Waals surface area contributed by atoms with Gasteiger partial charge in [0.1, 0.15) is 0 Å². The van der Waals surface area contributed by atoms with E-state index in [9.17, 15) is 10.0 Å². The van der Waals surface area contributed by atoms with Gasteiger partial charge in [0.15, 0.2) is 0 Å². The van der Waals surface area contributed by atoms with Crippen LogP contribution in [0.15, 0.2) is 29.5 Å². The first-order valence-corrected chi connectivity index (χ1v) is 9.84. The Bertz CT molecular complexity index is 468. The Kier molecular flexibility index (Phi) is 10.9. The maximum atomic E-state index is 10.5. The summed E-state index contributed by atoms with van der Waals surface area (Å²) in [6.45, 7) is 4.48. The number of aliphatic carboxylic acids is 1. The van der Waals surface area contributed by atoms with Crippen molar-refractivity contribution in [1.82, 2.24) is 0 Å². The number of allylic oxidation sites excluding steroid dienone is 4. The van der Waals surface area contributed by atoms with Crippen LogP contribution in [0.2, 0.25) is 0 Å². The summed E-state index contributed by atoms with van der Waals surface area (Å²) in [5.41, 5.74) is 0.904. The summed E-state index contributed by atoms with van der Waals surface area (Å²) < 4.78 is 0. The van der Waals surface area contributed by atoms with Gasteiger partial charge in [-0.3, -0.25) is 4.79 Å². The minimum atomic E-state index is -0.730. The van der Waals surface area contributed by atoms with Crippen molar-refractivity contribution in [2.45, 2.75) is 78.1 Å². The molecule has 4 heteroatoms. The predicted octanol–water partition coefficient (Wildman–Crippen LogP) is 5.82. The highest BCUT2D eigenvalue weighted by molar-refractivity contribution is 5.90. The molecule has 1 fully saturated rings. The van der Waals surface area contributed by atoms with Crippen LogP contribution in [0.5, 0.6) is 0 Å². The van der Waals surface area contributed by atoms with E-state index in [-0.39, 0.29) is 12.3 Å². The molecule has 0 unspecified atom stereocenters. The van der Waals surface area contributed by atoms with Crippen LogP contribution < -0.4 is 0 Å². The Hall–Kier alpha value is -1.58. The van der Waals surface area contributed by atoms with Crippen molar-refractivity contribution < 1.29 is 15.1 Å². The molecule has 0 bridgehead atoms. The molecule has 0 aliphatic heterocycles. The van der Waals surface area contributed by atoms with Crippen molar-refractivity contribution in [1.29, 1.82) is 0 Å². The first-order chi connectivity index (χ1) is 12.1. The average molecular weight is 350 g/mol. The molecule has 1 saturated carbocycles. The van der Waals surface area contributed by atoms with Gasteiger partial charge >= 0.3 is 5.97 Å². The average Bonchev–Trinajstić information content (AvgIpc) is 2.98. The molecule has 0 aromatic heterocycles. The van der Waals surface area contributed by atoms with Crippen molar-refractivity contribution in [2.75, 3.05) is 0 Å². The standard InChI is InChI=1S/C21H35NO3/c1-3-4-7-10-17(2)13-15-19-18(14-16-20(19)22-25)11-8-5-6-9-12-21(23)24/h5,8,13,15,17-19,25H,3-4,6-7,9-12,14,16H2,1-2H3,(H,23,24)/b8-5-,15-13+,22-20-/t17-,18+,19-/m1/s1. The molecule has 1 rings (SSSR count). The lowest BCUT2D eigenvalue weighted by molar-refractivity contribution is -0.137. The van der Waals surface area contributed by atoms with Crippen LogP contribution in [0.1, 0.15) is 78.1 Å². The second-order valence-corrected chi connectivity index (χ2v) is 7.27. The molecule has 0 spiro atoms. The monoisotopic (exact) mass is 349 g/mol. The van der Waals surface area contributed by atoms with Gasteiger partial charge in [-0.2, -0.15) is 0 Å². The van der Waals surface area contributed by atoms with Gasteiger partial charge in [0.05, 0.1) is 5.71 Å². The van der Waals surface area contributed by atoms with E-state index < -0.39 is 5.97 Å². The van der Waals surface area contributed by atoms with Gasteiger partial charge < -0.3 is 10.3 Å². The summed E-state index contributed by atoms with van der Waals surface area (Å²) in [4.78, 5) is 10.5. The summed E-state index contributed by atoms with van der Waals surface area (Å²) in [6.07, 6.45) is 18.5. The fourth-order valence-corrected chi connectivity index (χ4v) is 3.48. The fraction of sp³-hybridized carbons (Fsp3) is 0.714. The molecule has 1 aliphatic rings. The van der Waals surface area contributed by atoms with Crippen LogP contribution in [0, 0.1) is 17.8 Å². The number of carboxylic acids is 1. The Labute approximate surface area is 152 Å². The largest absolute Gasteiger partial charge is 0.481 e. The predicted molar refractivity (Wildman–Crippen MR) is 103 cm³/mol. The number of oxime groups is 1. The third kappa shape index (κ3) is 8.89. The van der Waals surface area contributed by atoms with Crippen LogP contribution in [0.25, 0.3) is 0 Å². The van der Waals surface area contributed by atoms with Gasteiger partial charge in [-0.25, -0.2) is 0 Å². The van der Waals surface area contributed by atoms with Crippen LogP contribution in [-0.2, 0) is 4.79 Å². The smallest absolute Gasteiger partial charge is 0.303 e. The molecule has 0 aromatic carbocycles. The molecule has 3 atom stereocenters. The zero-order valence-corrected chi connectivity index (χ0v) is 15.9. The van der Waals surface area contributed by atoms with Crippen LogP contribution in [0.4, 0.5) is 0 Å². The van der Waals surface area contributed by atoms with E-state index in [0.717, 1.165) is 31.4 Å². The van der Waals surface area contributed by atoms with E-state index in [2.05, 4.69) is 43.3 Å². The number of unbranched alkanes of at least 4 members (excludes halogenated alkanes) is 3. The molecular weight excluding hydrogens is 314 g/mol. The number of carbonyl (C=O) groups is 1. The normalized spacial score (nSPS) is 23.8. The van der Waals surface area contributed by atoms with E-state index in [1.807, 2.05) is 0 Å². The highest BCUT2D eigenvalue weighted by Gasteiger charge is 2.30. The maximum Gasteiger partial charge on any atom is 0.303 e.